The van der Waals surface area contributed by atoms with E-state index in [1.807, 2.05) is 30.3 Å². The van der Waals surface area contributed by atoms with Gasteiger partial charge >= 0.3 is 49.4 Å². The highest BCUT2D eigenvalue weighted by atomic mass is 19.4. The monoisotopic (exact) mass is 1190 g/mol. The van der Waals surface area contributed by atoms with E-state index >= 15 is 0 Å². The number of rotatable bonds is 8. The molecular weight excluding hydrogens is 1160 g/mol. The zero-order valence-electron chi connectivity index (χ0n) is 41.1. The minimum Gasteiger partial charge on any atom is -0.287 e. The molecule has 1 aliphatic carbocycles. The van der Waals surface area contributed by atoms with Crippen molar-refractivity contribution in [1.82, 2.24) is 0 Å². The predicted octanol–water partition coefficient (Wildman–Crippen LogP) is 16.3. The van der Waals surface area contributed by atoms with Gasteiger partial charge in [-0.25, -0.2) is 0 Å². The maximum Gasteiger partial charge on any atom is 0.416 e. The largest absolute Gasteiger partial charge is 0.416 e. The lowest BCUT2D eigenvalue weighted by molar-refractivity contribution is -0.690. The number of hydrogen-bond donors (Lipinski definition) is 0. The van der Waals surface area contributed by atoms with Crippen LogP contribution in [0, 0.1) is 0 Å². The van der Waals surface area contributed by atoms with Gasteiger partial charge in [-0.15, -0.1) is 0 Å². The Kier molecular flexibility index (Phi) is 16.9. The molecule has 1 saturated carbocycles. The fourth-order valence-electron chi connectivity index (χ4n) is 10.2. The lowest BCUT2D eigenvalue weighted by Crippen LogP contribution is -2.75. The first kappa shape index (κ1) is 62.4. The molecule has 27 heteroatoms. The Bertz CT molecular complexity index is 3010. The summed E-state index contributed by atoms with van der Waals surface area (Å²) >= 11 is 0. The molecule has 0 radical (unpaired) electrons. The van der Waals surface area contributed by atoms with Crippen LogP contribution in [0.15, 0.2) is 140 Å². The second kappa shape index (κ2) is 22.2. The zero-order chi connectivity index (χ0) is 61.0. The van der Waals surface area contributed by atoms with Crippen LogP contribution in [0.3, 0.4) is 0 Å². The number of ketones is 1. The summed E-state index contributed by atoms with van der Waals surface area (Å²) in [6.45, 7) is 0.417. The number of halogens is 24. The van der Waals surface area contributed by atoms with Crippen molar-refractivity contribution >= 4 is 44.6 Å². The first-order chi connectivity index (χ1) is 37.6. The highest BCUT2D eigenvalue weighted by molar-refractivity contribution is 7.20. The average molecular weight is 1190 g/mol. The summed E-state index contributed by atoms with van der Waals surface area (Å²) < 4.78 is 343. The van der Waals surface area contributed by atoms with Crippen LogP contribution in [0.5, 0.6) is 0 Å². The molecule has 0 N–H and O–H groups in total. The number of aromatic nitrogens is 1. The van der Waals surface area contributed by atoms with Gasteiger partial charge in [-0.05, 0) is 48.6 Å². The van der Waals surface area contributed by atoms with E-state index in [9.17, 15) is 110 Å². The normalized spacial score (nSPS) is 14.6. The standard InChI is InChI=1S/C32H12BF24.C23H24NO/c34-25(35,36)13-1-14(26(37,38)39)6-21(5-13)33(22-7-15(27(40,41)42)2-16(8-22)28(43,44)45,23-9-17(29(46,47)48)3-18(10-23)30(49,50)51)24-11-19(31(52,53)54)4-20(12-24)32(55,56)57;25-22(19-10-3-1-4-11-19)17-24-16-15-18-9-7-8-14-21(18)23(24)20-12-5-2-6-13-20/h1-12H;1,3-4,7-11,14-16,20H,2,5-6,12-13,17H2/q-1;+1. The van der Waals surface area contributed by atoms with Crippen LogP contribution < -0.4 is 26.4 Å². The average Bonchev–Trinajstić information content (AvgIpc) is 3.29. The third kappa shape index (κ3) is 13.8. The van der Waals surface area contributed by atoms with Crippen LogP contribution in [0.4, 0.5) is 105 Å². The van der Waals surface area contributed by atoms with E-state index in [1.165, 1.54) is 48.6 Å². The molecule has 0 spiro atoms. The van der Waals surface area contributed by atoms with Gasteiger partial charge in [0.05, 0.1) is 44.5 Å². The molecule has 0 atom stereocenters. The molecule has 0 saturated heterocycles. The highest BCUT2D eigenvalue weighted by Crippen LogP contribution is 2.42. The number of hydrogen-bond acceptors (Lipinski definition) is 1. The van der Waals surface area contributed by atoms with E-state index in [2.05, 4.69) is 41.1 Å². The van der Waals surface area contributed by atoms with Gasteiger partial charge in [-0.2, -0.15) is 132 Å². The minimum atomic E-state index is -6.13. The number of nitrogens with zero attached hydrogens (tertiary/aromatic N) is 1. The van der Waals surface area contributed by atoms with Gasteiger partial charge in [-0.1, -0.05) is 116 Å². The molecule has 1 aromatic heterocycles. The molecule has 0 bridgehead atoms. The highest BCUT2D eigenvalue weighted by Gasteiger charge is 2.47. The Balaban J connectivity index is 0.000000318. The Morgan fingerprint density at radius 1 is 0.378 bits per heavy atom. The molecule has 1 aliphatic rings. The third-order valence-corrected chi connectivity index (χ3v) is 13.8. The van der Waals surface area contributed by atoms with Crippen LogP contribution in [-0.4, -0.2) is 11.9 Å². The summed E-state index contributed by atoms with van der Waals surface area (Å²) in [5.74, 6) is 0.737. The van der Waals surface area contributed by atoms with Crippen LogP contribution in [0.1, 0.15) is 98.6 Å². The van der Waals surface area contributed by atoms with E-state index < -0.39 is 195 Å². The lowest BCUT2D eigenvalue weighted by Gasteiger charge is -2.46. The van der Waals surface area contributed by atoms with Crippen molar-refractivity contribution in [2.24, 2.45) is 0 Å². The molecule has 1 heterocycles. The fraction of sp³-hybridized carbons (Fsp3) is 0.273. The van der Waals surface area contributed by atoms with Crippen molar-refractivity contribution in [3.05, 3.63) is 195 Å². The first-order valence-electron chi connectivity index (χ1n) is 23.9. The third-order valence-electron chi connectivity index (χ3n) is 13.8. The zero-order valence-corrected chi connectivity index (χ0v) is 41.1. The summed E-state index contributed by atoms with van der Waals surface area (Å²) in [4.78, 5) is 12.8. The van der Waals surface area contributed by atoms with Gasteiger partial charge in [0.1, 0.15) is 6.15 Å². The second-order valence-corrected chi connectivity index (χ2v) is 19.3. The van der Waals surface area contributed by atoms with Gasteiger partial charge in [0.2, 0.25) is 12.3 Å². The summed E-state index contributed by atoms with van der Waals surface area (Å²) in [5, 5.41) is 2.57. The Hall–Kier alpha value is -7.22. The Labute approximate surface area is 447 Å². The van der Waals surface area contributed by atoms with Gasteiger partial charge in [0.15, 0.2) is 11.9 Å². The summed E-state index contributed by atoms with van der Waals surface area (Å²) in [5.41, 5.74) is -28.1. The first-order valence-corrected chi connectivity index (χ1v) is 23.9. The maximum absolute atomic E-state index is 14.2. The Morgan fingerprint density at radius 2 is 0.671 bits per heavy atom. The number of Topliss-reactive ketones (excluding diaryl/α,β-unsaturated/α-hetero) is 1. The predicted molar refractivity (Wildman–Crippen MR) is 251 cm³/mol. The molecule has 8 rings (SSSR count). The van der Waals surface area contributed by atoms with Crippen LogP contribution in [-0.2, 0) is 56.0 Å². The Morgan fingerprint density at radius 3 is 0.976 bits per heavy atom. The molecule has 1 fully saturated rings. The molecule has 0 aliphatic heterocycles. The quantitative estimate of drug-likeness (QED) is 0.0643. The lowest BCUT2D eigenvalue weighted by atomic mass is 9.12. The van der Waals surface area contributed by atoms with E-state index in [0.29, 0.717) is 12.5 Å². The van der Waals surface area contributed by atoms with Crippen molar-refractivity contribution in [1.29, 1.82) is 0 Å². The number of alkyl halides is 24. The van der Waals surface area contributed by atoms with Gasteiger partial charge in [0, 0.05) is 22.9 Å². The fourth-order valence-corrected chi connectivity index (χ4v) is 10.2. The molecule has 82 heavy (non-hydrogen) atoms. The van der Waals surface area contributed by atoms with Crippen molar-refractivity contribution in [2.75, 3.05) is 0 Å². The van der Waals surface area contributed by atoms with E-state index in [1.54, 1.807) is 0 Å². The molecule has 0 amide bonds. The maximum atomic E-state index is 14.2. The molecule has 7 aromatic rings. The number of carbonyl (C=O) groups excluding carboxylic acids is 1. The van der Waals surface area contributed by atoms with Crippen molar-refractivity contribution in [3.63, 3.8) is 0 Å². The molecule has 0 unspecified atom stereocenters. The van der Waals surface area contributed by atoms with Crippen molar-refractivity contribution in [3.8, 4) is 0 Å². The van der Waals surface area contributed by atoms with Crippen molar-refractivity contribution in [2.45, 2.75) is 94.0 Å². The molecular formula is C55H36BF24NO. The number of benzene rings is 6. The summed E-state index contributed by atoms with van der Waals surface area (Å²) in [6.07, 6.45) is -46.3. The SMILES string of the molecule is FC(F)(F)c1cc([B-](c2cc(C(F)(F)F)cc(C(F)(F)F)c2)(c2cc(C(F)(F)F)cc(C(F)(F)F)c2)c2cc(C(F)(F)F)cc(C(F)(F)F)c2)cc(C(F)(F)F)c1.O=C(C[n+]1ccc2ccccc2c1C1CCCCC1)c1ccccc1. The number of carbonyl (C=O) groups is 1. The van der Waals surface area contributed by atoms with Crippen LogP contribution in [0.25, 0.3) is 10.8 Å². The number of fused-ring (bicyclic) bond motifs is 1. The van der Waals surface area contributed by atoms with E-state index in [4.69, 9.17) is 0 Å². The van der Waals surface area contributed by atoms with Gasteiger partial charge in [-0.3, -0.25) is 4.79 Å². The second-order valence-electron chi connectivity index (χ2n) is 19.3. The molecule has 438 valence electrons. The van der Waals surface area contributed by atoms with Gasteiger partial charge < -0.3 is 0 Å². The van der Waals surface area contributed by atoms with Crippen LogP contribution >= 0.6 is 0 Å². The molecule has 6 aromatic carbocycles. The topological polar surface area (TPSA) is 20.9 Å². The number of pyridine rings is 1. The van der Waals surface area contributed by atoms with Gasteiger partial charge in [0.25, 0.3) is 0 Å². The molecule has 2 nitrogen and oxygen atoms in total. The van der Waals surface area contributed by atoms with Crippen LogP contribution in [0.2, 0.25) is 0 Å². The summed E-state index contributed by atoms with van der Waals surface area (Å²) in [6, 6.07) is 11.5. The van der Waals surface area contributed by atoms with Crippen molar-refractivity contribution < 1.29 is 115 Å². The smallest absolute Gasteiger partial charge is 0.287 e. The summed E-state index contributed by atoms with van der Waals surface area (Å²) in [7, 11) is 0. The van der Waals surface area contributed by atoms with E-state index in [0.717, 1.165) is 5.56 Å². The minimum absolute atomic E-state index is 0.179. The van der Waals surface area contributed by atoms with E-state index in [-0.39, 0.29) is 5.78 Å².